The highest BCUT2D eigenvalue weighted by Gasteiger charge is 2.28. The number of rotatable bonds is 4. The Labute approximate surface area is 113 Å². The van der Waals surface area contributed by atoms with Crippen molar-refractivity contribution in [2.75, 3.05) is 19.0 Å². The molecule has 0 aliphatic carbocycles. The van der Waals surface area contributed by atoms with Gasteiger partial charge in [0.1, 0.15) is 0 Å². The zero-order valence-electron chi connectivity index (χ0n) is 10.3. The van der Waals surface area contributed by atoms with Gasteiger partial charge in [0.25, 0.3) is 0 Å². The van der Waals surface area contributed by atoms with Crippen LogP contribution in [0, 0.1) is 5.92 Å². The smallest absolute Gasteiger partial charge is 0.311 e. The Hall–Kier alpha value is -1.96. The average molecular weight is 283 g/mol. The standard InChI is InChI=1S/C11H13N3O4S/c1-18-9(16)3-7-5-19-11(13-7)14-10(17)6-2-8(15)12-4-6/h5-6H,2-4H2,1H3,(H,12,15)(H,13,14,17). The fraction of sp³-hybridized carbons (Fsp3) is 0.455. The second-order valence-corrected chi connectivity index (χ2v) is 4.95. The van der Waals surface area contributed by atoms with E-state index in [1.807, 2.05) is 0 Å². The van der Waals surface area contributed by atoms with E-state index in [2.05, 4.69) is 20.4 Å². The molecule has 0 spiro atoms. The molecule has 0 saturated carbocycles. The number of carbonyl (C=O) groups is 3. The Kier molecular flexibility index (Phi) is 4.10. The molecule has 2 N–H and O–H groups in total. The Morgan fingerprint density at radius 3 is 3.05 bits per heavy atom. The fourth-order valence-corrected chi connectivity index (χ4v) is 2.38. The van der Waals surface area contributed by atoms with Crippen LogP contribution < -0.4 is 10.6 Å². The van der Waals surface area contributed by atoms with Crippen molar-refractivity contribution >= 4 is 34.3 Å². The van der Waals surface area contributed by atoms with Crippen LogP contribution in [0.1, 0.15) is 12.1 Å². The van der Waals surface area contributed by atoms with Gasteiger partial charge in [-0.05, 0) is 0 Å². The highest BCUT2D eigenvalue weighted by atomic mass is 32.1. The maximum absolute atomic E-state index is 11.8. The monoisotopic (exact) mass is 283 g/mol. The summed E-state index contributed by atoms with van der Waals surface area (Å²) in [5.41, 5.74) is 0.549. The third-order valence-corrected chi connectivity index (χ3v) is 3.49. The summed E-state index contributed by atoms with van der Waals surface area (Å²) in [6.45, 7) is 0.352. The minimum absolute atomic E-state index is 0.0757. The molecule has 8 heteroatoms. The molecular weight excluding hydrogens is 270 g/mol. The first-order valence-corrected chi connectivity index (χ1v) is 6.55. The molecule has 1 unspecified atom stereocenters. The molecule has 1 fully saturated rings. The minimum Gasteiger partial charge on any atom is -0.469 e. The van der Waals surface area contributed by atoms with Crippen LogP contribution in [0.4, 0.5) is 5.13 Å². The number of amides is 2. The number of methoxy groups -OCH3 is 1. The number of esters is 1. The van der Waals surface area contributed by atoms with Gasteiger partial charge in [0.15, 0.2) is 5.13 Å². The zero-order valence-corrected chi connectivity index (χ0v) is 11.1. The highest BCUT2D eigenvalue weighted by molar-refractivity contribution is 7.13. The predicted molar refractivity (Wildman–Crippen MR) is 67.6 cm³/mol. The van der Waals surface area contributed by atoms with Crippen molar-refractivity contribution in [1.82, 2.24) is 10.3 Å². The molecule has 1 saturated heterocycles. The molecule has 0 aromatic carbocycles. The molecule has 1 aliphatic heterocycles. The molecule has 7 nitrogen and oxygen atoms in total. The van der Waals surface area contributed by atoms with Gasteiger partial charge >= 0.3 is 5.97 Å². The summed E-state index contributed by atoms with van der Waals surface area (Å²) >= 11 is 1.23. The number of hydrogen-bond donors (Lipinski definition) is 2. The second-order valence-electron chi connectivity index (χ2n) is 4.09. The van der Waals surface area contributed by atoms with Crippen LogP contribution in [0.5, 0.6) is 0 Å². The van der Waals surface area contributed by atoms with Gasteiger partial charge in [0, 0.05) is 18.3 Å². The van der Waals surface area contributed by atoms with Crippen LogP contribution >= 0.6 is 11.3 Å². The number of anilines is 1. The normalized spacial score (nSPS) is 17.9. The lowest BCUT2D eigenvalue weighted by Gasteiger charge is -2.05. The van der Waals surface area contributed by atoms with Gasteiger partial charge in [-0.1, -0.05) is 0 Å². The number of aromatic nitrogens is 1. The van der Waals surface area contributed by atoms with Crippen LogP contribution in [-0.4, -0.2) is 36.4 Å². The summed E-state index contributed by atoms with van der Waals surface area (Å²) in [6.07, 6.45) is 0.276. The van der Waals surface area contributed by atoms with Gasteiger partial charge < -0.3 is 15.4 Å². The summed E-state index contributed by atoms with van der Waals surface area (Å²) in [5.74, 6) is -1.10. The Morgan fingerprint density at radius 2 is 2.42 bits per heavy atom. The molecule has 1 aromatic rings. The van der Waals surface area contributed by atoms with Crippen molar-refractivity contribution in [3.63, 3.8) is 0 Å². The molecule has 2 rings (SSSR count). The van der Waals surface area contributed by atoms with E-state index in [0.717, 1.165) is 0 Å². The largest absolute Gasteiger partial charge is 0.469 e. The number of hydrogen-bond acceptors (Lipinski definition) is 6. The van der Waals surface area contributed by atoms with Gasteiger partial charge in [-0.3, -0.25) is 14.4 Å². The number of nitrogens with zero attached hydrogens (tertiary/aromatic N) is 1. The van der Waals surface area contributed by atoms with E-state index in [9.17, 15) is 14.4 Å². The number of carbonyl (C=O) groups excluding carboxylic acids is 3. The predicted octanol–water partition coefficient (Wildman–Crippen LogP) is -0.0668. The first-order chi connectivity index (χ1) is 9.08. The van der Waals surface area contributed by atoms with E-state index in [1.54, 1.807) is 5.38 Å². The summed E-state index contributed by atoms with van der Waals surface area (Å²) in [7, 11) is 1.31. The van der Waals surface area contributed by atoms with Crippen LogP contribution in [0.15, 0.2) is 5.38 Å². The lowest BCUT2D eigenvalue weighted by atomic mass is 10.1. The van der Waals surface area contributed by atoms with Crippen molar-refractivity contribution in [3.05, 3.63) is 11.1 Å². The van der Waals surface area contributed by atoms with Crippen molar-refractivity contribution in [3.8, 4) is 0 Å². The quantitative estimate of drug-likeness (QED) is 0.754. The van der Waals surface area contributed by atoms with Gasteiger partial charge in [-0.15, -0.1) is 11.3 Å². The molecule has 1 atom stereocenters. The molecule has 0 radical (unpaired) electrons. The van der Waals surface area contributed by atoms with Crippen molar-refractivity contribution in [1.29, 1.82) is 0 Å². The Bertz CT molecular complexity index is 514. The molecular formula is C11H13N3O4S. The second kappa shape index (κ2) is 5.79. The molecule has 19 heavy (non-hydrogen) atoms. The summed E-state index contributed by atoms with van der Waals surface area (Å²) in [4.78, 5) is 38.0. The third-order valence-electron chi connectivity index (χ3n) is 2.68. The number of ether oxygens (including phenoxy) is 1. The van der Waals surface area contributed by atoms with Crippen molar-refractivity contribution in [2.45, 2.75) is 12.8 Å². The summed E-state index contributed by atoms with van der Waals surface area (Å²) < 4.78 is 4.53. The van der Waals surface area contributed by atoms with Crippen LogP contribution in [0.3, 0.4) is 0 Å². The Morgan fingerprint density at radius 1 is 1.63 bits per heavy atom. The van der Waals surface area contributed by atoms with Gasteiger partial charge in [0.2, 0.25) is 11.8 Å². The SMILES string of the molecule is COC(=O)Cc1csc(NC(=O)C2CNC(=O)C2)n1. The van der Waals surface area contributed by atoms with E-state index in [4.69, 9.17) is 0 Å². The maximum atomic E-state index is 11.8. The number of thiazole rings is 1. The van der Waals surface area contributed by atoms with Gasteiger partial charge in [-0.25, -0.2) is 4.98 Å². The molecule has 1 aliphatic rings. The van der Waals surface area contributed by atoms with E-state index in [-0.39, 0.29) is 36.5 Å². The maximum Gasteiger partial charge on any atom is 0.311 e. The fourth-order valence-electron chi connectivity index (χ4n) is 1.66. The highest BCUT2D eigenvalue weighted by Crippen LogP contribution is 2.18. The zero-order chi connectivity index (χ0) is 13.8. The summed E-state index contributed by atoms with van der Waals surface area (Å²) in [6, 6.07) is 0. The van der Waals surface area contributed by atoms with E-state index < -0.39 is 0 Å². The van der Waals surface area contributed by atoms with E-state index in [1.165, 1.54) is 18.4 Å². The first-order valence-electron chi connectivity index (χ1n) is 5.67. The summed E-state index contributed by atoms with van der Waals surface area (Å²) in [5, 5.41) is 7.34. The number of nitrogens with one attached hydrogen (secondary N) is 2. The van der Waals surface area contributed by atoms with Gasteiger partial charge in [0.05, 0.1) is 25.1 Å². The molecule has 2 heterocycles. The lowest BCUT2D eigenvalue weighted by Crippen LogP contribution is -2.24. The lowest BCUT2D eigenvalue weighted by molar-refractivity contribution is -0.139. The third kappa shape index (κ3) is 3.50. The van der Waals surface area contributed by atoms with Crippen LogP contribution in [0.25, 0.3) is 0 Å². The van der Waals surface area contributed by atoms with Crippen LogP contribution in [-0.2, 0) is 25.5 Å². The molecule has 102 valence electrons. The van der Waals surface area contributed by atoms with E-state index in [0.29, 0.717) is 17.4 Å². The molecule has 2 amide bonds. The minimum atomic E-state index is -0.381. The molecule has 0 bridgehead atoms. The topological polar surface area (TPSA) is 97.4 Å². The Balaban J connectivity index is 1.90. The first kappa shape index (κ1) is 13.5. The van der Waals surface area contributed by atoms with Crippen LogP contribution in [0.2, 0.25) is 0 Å². The van der Waals surface area contributed by atoms with Crippen molar-refractivity contribution in [2.24, 2.45) is 5.92 Å². The van der Waals surface area contributed by atoms with Gasteiger partial charge in [-0.2, -0.15) is 0 Å². The average Bonchev–Trinajstić information content (AvgIpc) is 2.98. The van der Waals surface area contributed by atoms with E-state index >= 15 is 0 Å². The van der Waals surface area contributed by atoms with Crippen molar-refractivity contribution < 1.29 is 19.1 Å². The molecule has 1 aromatic heterocycles.